The van der Waals surface area contributed by atoms with Crippen LogP contribution in [0, 0.1) is 17.0 Å². The molecule has 0 spiro atoms. The van der Waals surface area contributed by atoms with E-state index in [1.165, 1.54) is 0 Å². The van der Waals surface area contributed by atoms with Gasteiger partial charge in [0.1, 0.15) is 24.0 Å². The van der Waals surface area contributed by atoms with Crippen molar-refractivity contribution < 1.29 is 18.3 Å². The van der Waals surface area contributed by atoms with Crippen LogP contribution < -0.4 is 10.1 Å². The summed E-state index contributed by atoms with van der Waals surface area (Å²) in [5.74, 6) is -1.37. The zero-order valence-corrected chi connectivity index (χ0v) is 10.7. The zero-order chi connectivity index (χ0) is 13.8. The summed E-state index contributed by atoms with van der Waals surface area (Å²) >= 11 is 0. The van der Waals surface area contributed by atoms with Gasteiger partial charge >= 0.3 is 0 Å². The fourth-order valence-corrected chi connectivity index (χ4v) is 1.21. The van der Waals surface area contributed by atoms with Crippen LogP contribution in [0.3, 0.4) is 0 Å². The van der Waals surface area contributed by atoms with Crippen molar-refractivity contribution in [3.63, 3.8) is 0 Å². The van der Waals surface area contributed by atoms with E-state index in [1.54, 1.807) is 20.8 Å². The van der Waals surface area contributed by atoms with Crippen LogP contribution in [0.5, 0.6) is 5.75 Å². The highest BCUT2D eigenvalue weighted by Crippen LogP contribution is 2.15. The molecule has 1 amide bonds. The van der Waals surface area contributed by atoms with Gasteiger partial charge in [-0.2, -0.15) is 0 Å². The first-order chi connectivity index (χ1) is 8.29. The largest absolute Gasteiger partial charge is 0.492 e. The number of carbonyl (C=O) groups excluding carboxylic acids is 1. The number of hydrogen-bond donors (Lipinski definition) is 1. The summed E-state index contributed by atoms with van der Waals surface area (Å²) in [4.78, 5) is 11.5. The van der Waals surface area contributed by atoms with Crippen LogP contribution in [-0.4, -0.2) is 19.1 Å². The maximum Gasteiger partial charge on any atom is 0.225 e. The van der Waals surface area contributed by atoms with Gasteiger partial charge in [0.05, 0.1) is 6.54 Å². The Morgan fingerprint density at radius 2 is 1.78 bits per heavy atom. The van der Waals surface area contributed by atoms with Gasteiger partial charge in [-0.3, -0.25) is 4.79 Å². The van der Waals surface area contributed by atoms with Crippen LogP contribution in [0.15, 0.2) is 18.2 Å². The summed E-state index contributed by atoms with van der Waals surface area (Å²) < 4.78 is 30.8. The fraction of sp³-hybridized carbons (Fsp3) is 0.462. The molecular formula is C13H17F2NO2. The van der Waals surface area contributed by atoms with Gasteiger partial charge in [0.15, 0.2) is 0 Å². The number of ether oxygens (including phenoxy) is 1. The highest BCUT2D eigenvalue weighted by atomic mass is 19.1. The molecule has 1 aromatic carbocycles. The Bertz CT molecular complexity index is 407. The van der Waals surface area contributed by atoms with Crippen molar-refractivity contribution in [1.29, 1.82) is 0 Å². The molecule has 3 nitrogen and oxygen atoms in total. The number of amides is 1. The molecule has 1 aromatic rings. The van der Waals surface area contributed by atoms with Crippen molar-refractivity contribution in [3.8, 4) is 5.75 Å². The van der Waals surface area contributed by atoms with Crippen molar-refractivity contribution >= 4 is 5.91 Å². The molecule has 0 aliphatic rings. The number of hydrogen-bond acceptors (Lipinski definition) is 2. The Balaban J connectivity index is 2.36. The van der Waals surface area contributed by atoms with Crippen LogP contribution >= 0.6 is 0 Å². The Hall–Kier alpha value is -1.65. The molecule has 5 heteroatoms. The first kappa shape index (κ1) is 14.4. The summed E-state index contributed by atoms with van der Waals surface area (Å²) in [5.41, 5.74) is -0.467. The summed E-state index contributed by atoms with van der Waals surface area (Å²) in [5, 5.41) is 2.67. The normalized spacial score (nSPS) is 11.2. The maximum atomic E-state index is 12.8. The Kier molecular flexibility index (Phi) is 4.64. The lowest BCUT2D eigenvalue weighted by Crippen LogP contribution is -2.37. The van der Waals surface area contributed by atoms with Crippen molar-refractivity contribution in [3.05, 3.63) is 29.8 Å². The molecule has 100 valence electrons. The molecule has 0 fully saturated rings. The summed E-state index contributed by atoms with van der Waals surface area (Å²) in [6.07, 6.45) is 0. The molecule has 0 bridgehead atoms. The number of nitrogens with one attached hydrogen (secondary N) is 1. The number of halogens is 2. The van der Waals surface area contributed by atoms with Gasteiger partial charge in [0.25, 0.3) is 0 Å². The summed E-state index contributed by atoms with van der Waals surface area (Å²) in [6.45, 7) is 5.83. The van der Waals surface area contributed by atoms with E-state index in [-0.39, 0.29) is 24.8 Å². The highest BCUT2D eigenvalue weighted by Gasteiger charge is 2.20. The van der Waals surface area contributed by atoms with Gasteiger partial charge in [0.2, 0.25) is 5.91 Å². The molecule has 0 saturated heterocycles. The second-order valence-electron chi connectivity index (χ2n) is 4.96. The maximum absolute atomic E-state index is 12.8. The first-order valence-corrected chi connectivity index (χ1v) is 5.66. The van der Waals surface area contributed by atoms with E-state index >= 15 is 0 Å². The van der Waals surface area contributed by atoms with Crippen LogP contribution in [0.1, 0.15) is 20.8 Å². The third-order valence-corrected chi connectivity index (χ3v) is 2.17. The first-order valence-electron chi connectivity index (χ1n) is 5.66. The average molecular weight is 257 g/mol. The highest BCUT2D eigenvalue weighted by molar-refractivity contribution is 5.81. The van der Waals surface area contributed by atoms with E-state index in [0.717, 1.165) is 18.2 Å². The predicted octanol–water partition coefficient (Wildman–Crippen LogP) is 2.51. The SMILES string of the molecule is CC(C)(C)C(=O)NCCOc1cc(F)cc(F)c1. The van der Waals surface area contributed by atoms with E-state index in [1.807, 2.05) is 0 Å². The van der Waals surface area contributed by atoms with Gasteiger partial charge in [-0.1, -0.05) is 20.8 Å². The Labute approximate surface area is 105 Å². The molecule has 0 saturated carbocycles. The molecule has 0 unspecified atom stereocenters. The molecule has 0 atom stereocenters. The van der Waals surface area contributed by atoms with Gasteiger partial charge < -0.3 is 10.1 Å². The van der Waals surface area contributed by atoms with Gasteiger partial charge in [-0.05, 0) is 0 Å². The lowest BCUT2D eigenvalue weighted by atomic mass is 9.96. The second kappa shape index (κ2) is 5.80. The number of benzene rings is 1. The van der Waals surface area contributed by atoms with Crippen molar-refractivity contribution in [2.45, 2.75) is 20.8 Å². The van der Waals surface area contributed by atoms with Crippen LogP contribution in [0.2, 0.25) is 0 Å². The standard InChI is InChI=1S/C13H17F2NO2/c1-13(2,3)12(17)16-4-5-18-11-7-9(14)6-10(15)8-11/h6-8H,4-5H2,1-3H3,(H,16,17). The Morgan fingerprint density at radius 3 is 2.28 bits per heavy atom. The number of rotatable bonds is 4. The van der Waals surface area contributed by atoms with Crippen molar-refractivity contribution in [2.75, 3.05) is 13.2 Å². The Morgan fingerprint density at radius 1 is 1.22 bits per heavy atom. The predicted molar refractivity (Wildman–Crippen MR) is 64.3 cm³/mol. The summed E-state index contributed by atoms with van der Waals surface area (Å²) in [7, 11) is 0. The minimum Gasteiger partial charge on any atom is -0.492 e. The van der Waals surface area contributed by atoms with E-state index in [2.05, 4.69) is 5.32 Å². The lowest BCUT2D eigenvalue weighted by molar-refractivity contribution is -0.128. The minimum atomic E-state index is -0.691. The van der Waals surface area contributed by atoms with Crippen LogP contribution in [0.25, 0.3) is 0 Å². The molecule has 18 heavy (non-hydrogen) atoms. The van der Waals surface area contributed by atoms with Crippen molar-refractivity contribution in [2.24, 2.45) is 5.41 Å². The second-order valence-corrected chi connectivity index (χ2v) is 4.96. The summed E-state index contributed by atoms with van der Waals surface area (Å²) in [6, 6.07) is 2.96. The third kappa shape index (κ3) is 4.69. The third-order valence-electron chi connectivity index (χ3n) is 2.17. The molecule has 0 aliphatic heterocycles. The molecule has 0 radical (unpaired) electrons. The van der Waals surface area contributed by atoms with Gasteiger partial charge in [-0.25, -0.2) is 8.78 Å². The van der Waals surface area contributed by atoms with E-state index in [4.69, 9.17) is 4.74 Å². The van der Waals surface area contributed by atoms with E-state index in [9.17, 15) is 13.6 Å². The topological polar surface area (TPSA) is 38.3 Å². The average Bonchev–Trinajstić information content (AvgIpc) is 2.21. The van der Waals surface area contributed by atoms with Crippen LogP contribution in [-0.2, 0) is 4.79 Å². The molecule has 1 N–H and O–H groups in total. The van der Waals surface area contributed by atoms with Crippen LogP contribution in [0.4, 0.5) is 8.78 Å². The minimum absolute atomic E-state index is 0.100. The zero-order valence-electron chi connectivity index (χ0n) is 10.7. The molecule has 0 heterocycles. The molecular weight excluding hydrogens is 240 g/mol. The quantitative estimate of drug-likeness (QED) is 0.842. The van der Waals surface area contributed by atoms with Gasteiger partial charge in [0, 0.05) is 23.6 Å². The molecule has 0 aromatic heterocycles. The van der Waals surface area contributed by atoms with E-state index < -0.39 is 17.0 Å². The number of carbonyl (C=O) groups is 1. The van der Waals surface area contributed by atoms with Crippen molar-refractivity contribution in [1.82, 2.24) is 5.32 Å². The smallest absolute Gasteiger partial charge is 0.225 e. The molecule has 0 aliphatic carbocycles. The molecule has 1 rings (SSSR count). The van der Waals surface area contributed by atoms with E-state index in [0.29, 0.717) is 0 Å². The monoisotopic (exact) mass is 257 g/mol. The van der Waals surface area contributed by atoms with Gasteiger partial charge in [-0.15, -0.1) is 0 Å². The lowest BCUT2D eigenvalue weighted by Gasteiger charge is -2.17. The fourth-order valence-electron chi connectivity index (χ4n) is 1.21.